The smallest absolute Gasteiger partial charge is 0.151 e. The summed E-state index contributed by atoms with van der Waals surface area (Å²) in [6.07, 6.45) is 4.20. The van der Waals surface area contributed by atoms with E-state index in [1.54, 1.807) is 0 Å². The van der Waals surface area contributed by atoms with Crippen LogP contribution in [0.25, 0.3) is 11.4 Å². The minimum Gasteiger partial charge on any atom is -0.360 e. The van der Waals surface area contributed by atoms with Crippen LogP contribution in [0.3, 0.4) is 0 Å². The lowest BCUT2D eigenvalue weighted by Gasteiger charge is -2.16. The topological polar surface area (TPSA) is 70.8 Å². The largest absolute Gasteiger partial charge is 0.360 e. The number of aromatic nitrogens is 3. The number of aromatic amines is 1. The Labute approximate surface area is 112 Å². The number of nitrogens with two attached hydrogens (primary N) is 1. The summed E-state index contributed by atoms with van der Waals surface area (Å²) in [6.45, 7) is 2.88. The summed E-state index contributed by atoms with van der Waals surface area (Å²) in [5.74, 6) is 1.67. The molecule has 1 aliphatic rings. The minimum atomic E-state index is 0.704. The first-order chi connectivity index (χ1) is 9.36. The van der Waals surface area contributed by atoms with Gasteiger partial charge in [-0.05, 0) is 49.6 Å². The third-order valence-corrected chi connectivity index (χ3v) is 3.71. The summed E-state index contributed by atoms with van der Waals surface area (Å²) >= 11 is 0. The molecule has 3 N–H and O–H groups in total. The predicted octanol–water partition coefficient (Wildman–Crippen LogP) is 1.65. The zero-order valence-electron chi connectivity index (χ0n) is 10.9. The average molecular weight is 257 g/mol. The Bertz CT molecular complexity index is 505. The molecule has 5 nitrogen and oxygen atoms in total. The first-order valence-corrected chi connectivity index (χ1v) is 6.79. The van der Waals surface area contributed by atoms with Crippen molar-refractivity contribution >= 4 is 5.82 Å². The first kappa shape index (κ1) is 12.2. The highest BCUT2D eigenvalue weighted by molar-refractivity contribution is 5.55. The fourth-order valence-corrected chi connectivity index (χ4v) is 2.64. The first-order valence-electron chi connectivity index (χ1n) is 6.79. The van der Waals surface area contributed by atoms with Gasteiger partial charge in [0.25, 0.3) is 0 Å². The van der Waals surface area contributed by atoms with Crippen LogP contribution in [-0.2, 0) is 0 Å². The number of hydrogen-bond acceptors (Lipinski definition) is 4. The van der Waals surface area contributed by atoms with E-state index in [2.05, 4.69) is 20.1 Å². The second-order valence-corrected chi connectivity index (χ2v) is 5.04. The van der Waals surface area contributed by atoms with Crippen LogP contribution < -0.4 is 10.6 Å². The van der Waals surface area contributed by atoms with Crippen molar-refractivity contribution in [1.82, 2.24) is 15.2 Å². The number of hydrogen-bond donors (Lipinski definition) is 2. The number of nitrogens with zero attached hydrogens (tertiary/aromatic N) is 3. The Morgan fingerprint density at radius 1 is 1.32 bits per heavy atom. The van der Waals surface area contributed by atoms with Gasteiger partial charge < -0.3 is 15.6 Å². The molecule has 0 aromatic carbocycles. The van der Waals surface area contributed by atoms with Gasteiger partial charge in [0.2, 0.25) is 0 Å². The maximum atomic E-state index is 5.62. The molecule has 3 heterocycles. The molecule has 100 valence electrons. The van der Waals surface area contributed by atoms with Crippen LogP contribution >= 0.6 is 0 Å². The summed E-state index contributed by atoms with van der Waals surface area (Å²) in [4.78, 5) is 5.43. The Balaban J connectivity index is 1.70. The van der Waals surface area contributed by atoms with Crippen molar-refractivity contribution in [2.75, 3.05) is 24.5 Å². The number of H-pyrrole nitrogens is 1. The highest BCUT2D eigenvalue weighted by Gasteiger charge is 2.22. The lowest BCUT2D eigenvalue weighted by molar-refractivity contribution is 0.546. The van der Waals surface area contributed by atoms with Crippen LogP contribution in [-0.4, -0.2) is 34.8 Å². The number of rotatable bonds is 4. The highest BCUT2D eigenvalue weighted by atomic mass is 15.3. The average Bonchev–Trinajstić information content (AvgIpc) is 3.10. The molecule has 5 heteroatoms. The van der Waals surface area contributed by atoms with Crippen LogP contribution in [0.2, 0.25) is 0 Å². The highest BCUT2D eigenvalue weighted by Crippen LogP contribution is 2.24. The molecular weight excluding hydrogens is 238 g/mol. The fraction of sp³-hybridized carbons (Fsp3) is 0.429. The Morgan fingerprint density at radius 3 is 2.95 bits per heavy atom. The summed E-state index contributed by atoms with van der Waals surface area (Å²) in [7, 11) is 0. The molecule has 2 aromatic rings. The van der Waals surface area contributed by atoms with E-state index >= 15 is 0 Å². The van der Waals surface area contributed by atoms with Crippen molar-refractivity contribution in [2.24, 2.45) is 11.7 Å². The van der Waals surface area contributed by atoms with Gasteiger partial charge in [-0.1, -0.05) is 0 Å². The molecule has 2 aromatic heterocycles. The van der Waals surface area contributed by atoms with Crippen LogP contribution in [0.15, 0.2) is 30.5 Å². The van der Waals surface area contributed by atoms with Crippen LogP contribution in [0.5, 0.6) is 0 Å². The van der Waals surface area contributed by atoms with E-state index in [1.165, 1.54) is 6.42 Å². The van der Waals surface area contributed by atoms with E-state index in [4.69, 9.17) is 5.73 Å². The lowest BCUT2D eigenvalue weighted by atomic mass is 10.1. The van der Waals surface area contributed by atoms with Crippen molar-refractivity contribution in [3.63, 3.8) is 0 Å². The van der Waals surface area contributed by atoms with E-state index in [-0.39, 0.29) is 0 Å². The van der Waals surface area contributed by atoms with Crippen LogP contribution in [0.4, 0.5) is 5.82 Å². The van der Waals surface area contributed by atoms with Gasteiger partial charge in [-0.25, -0.2) is 0 Å². The van der Waals surface area contributed by atoms with Crippen molar-refractivity contribution in [3.05, 3.63) is 30.5 Å². The molecule has 0 bridgehead atoms. The zero-order valence-corrected chi connectivity index (χ0v) is 10.9. The second kappa shape index (κ2) is 5.40. The van der Waals surface area contributed by atoms with Gasteiger partial charge in [-0.2, -0.15) is 0 Å². The van der Waals surface area contributed by atoms with Gasteiger partial charge in [0.05, 0.1) is 5.69 Å². The Kier molecular flexibility index (Phi) is 3.46. The molecule has 0 saturated carbocycles. The summed E-state index contributed by atoms with van der Waals surface area (Å²) < 4.78 is 0. The van der Waals surface area contributed by atoms with E-state index < -0.39 is 0 Å². The van der Waals surface area contributed by atoms with E-state index in [1.807, 2.05) is 30.5 Å². The third-order valence-electron chi connectivity index (χ3n) is 3.71. The molecule has 1 aliphatic heterocycles. The Morgan fingerprint density at radius 2 is 2.26 bits per heavy atom. The number of nitrogens with one attached hydrogen (secondary N) is 1. The van der Waals surface area contributed by atoms with Gasteiger partial charge in [0.15, 0.2) is 5.82 Å². The fourth-order valence-electron chi connectivity index (χ4n) is 2.64. The van der Waals surface area contributed by atoms with Gasteiger partial charge in [0, 0.05) is 19.3 Å². The summed E-state index contributed by atoms with van der Waals surface area (Å²) in [6, 6.07) is 8.03. The van der Waals surface area contributed by atoms with Crippen molar-refractivity contribution in [1.29, 1.82) is 0 Å². The predicted molar refractivity (Wildman–Crippen MR) is 75.8 cm³/mol. The van der Waals surface area contributed by atoms with Crippen molar-refractivity contribution in [3.8, 4) is 11.4 Å². The third kappa shape index (κ3) is 2.61. The van der Waals surface area contributed by atoms with Gasteiger partial charge in [0.1, 0.15) is 5.69 Å². The lowest BCUT2D eigenvalue weighted by Crippen LogP contribution is -2.21. The molecule has 1 fully saturated rings. The summed E-state index contributed by atoms with van der Waals surface area (Å²) in [5, 5.41) is 8.63. The maximum absolute atomic E-state index is 5.62. The summed E-state index contributed by atoms with van der Waals surface area (Å²) in [5.41, 5.74) is 7.50. The van der Waals surface area contributed by atoms with E-state index in [0.717, 1.165) is 43.3 Å². The molecule has 1 saturated heterocycles. The monoisotopic (exact) mass is 257 g/mol. The van der Waals surface area contributed by atoms with Crippen molar-refractivity contribution < 1.29 is 0 Å². The molecule has 0 radical (unpaired) electrons. The van der Waals surface area contributed by atoms with Gasteiger partial charge in [-0.3, -0.25) is 0 Å². The molecule has 1 atom stereocenters. The molecule has 19 heavy (non-hydrogen) atoms. The minimum absolute atomic E-state index is 0.704. The molecule has 3 rings (SSSR count). The number of anilines is 1. The molecule has 0 amide bonds. The van der Waals surface area contributed by atoms with Gasteiger partial charge >= 0.3 is 0 Å². The standard InChI is InChI=1S/C14H19N5/c15-7-5-11-6-9-19(10-11)14-4-3-13(17-18-14)12-2-1-8-16-12/h1-4,8,11,16H,5-7,9-10,15H2. The quantitative estimate of drug-likeness (QED) is 0.873. The van der Waals surface area contributed by atoms with E-state index in [0.29, 0.717) is 5.92 Å². The Hall–Kier alpha value is -1.88. The van der Waals surface area contributed by atoms with Crippen LogP contribution in [0, 0.1) is 5.92 Å². The van der Waals surface area contributed by atoms with Gasteiger partial charge in [-0.15, -0.1) is 10.2 Å². The normalized spacial score (nSPS) is 19.0. The maximum Gasteiger partial charge on any atom is 0.151 e. The zero-order chi connectivity index (χ0) is 13.1. The molecule has 0 aliphatic carbocycles. The SMILES string of the molecule is NCCC1CCN(c2ccc(-c3ccc[nH]3)nn2)C1. The second-order valence-electron chi connectivity index (χ2n) is 5.04. The van der Waals surface area contributed by atoms with Crippen LogP contribution in [0.1, 0.15) is 12.8 Å². The molecule has 0 spiro atoms. The van der Waals surface area contributed by atoms with E-state index in [9.17, 15) is 0 Å². The molecular formula is C14H19N5. The molecule has 1 unspecified atom stereocenters. The van der Waals surface area contributed by atoms with Crippen molar-refractivity contribution in [2.45, 2.75) is 12.8 Å².